The van der Waals surface area contributed by atoms with E-state index in [4.69, 9.17) is 21.1 Å². The summed E-state index contributed by atoms with van der Waals surface area (Å²) in [4.78, 5) is 25.4. The van der Waals surface area contributed by atoms with Crippen LogP contribution in [0.15, 0.2) is 30.4 Å². The summed E-state index contributed by atoms with van der Waals surface area (Å²) in [5.74, 6) is -0.0340. The zero-order valence-electron chi connectivity index (χ0n) is 13.4. The summed E-state index contributed by atoms with van der Waals surface area (Å²) in [6, 6.07) is 5.14. The maximum absolute atomic E-state index is 12.5. The van der Waals surface area contributed by atoms with E-state index in [9.17, 15) is 9.59 Å². The van der Waals surface area contributed by atoms with Gasteiger partial charge in [0.2, 0.25) is 0 Å². The Morgan fingerprint density at radius 2 is 2.17 bits per heavy atom. The number of esters is 1. The molecule has 1 aliphatic heterocycles. The molecule has 0 fully saturated rings. The summed E-state index contributed by atoms with van der Waals surface area (Å²) in [6.07, 6.45) is 2.22. The van der Waals surface area contributed by atoms with Crippen molar-refractivity contribution >= 4 is 29.2 Å². The van der Waals surface area contributed by atoms with E-state index >= 15 is 0 Å². The second-order valence-electron chi connectivity index (χ2n) is 5.55. The van der Waals surface area contributed by atoms with Crippen LogP contribution in [0.3, 0.4) is 0 Å². The quantitative estimate of drug-likeness (QED) is 0.625. The molecule has 1 aliphatic rings. The number of nitrogens with zero attached hydrogens (tertiary/aromatic N) is 1. The summed E-state index contributed by atoms with van der Waals surface area (Å²) in [5, 5.41) is 0.544. The molecule has 1 aromatic carbocycles. The van der Waals surface area contributed by atoms with Gasteiger partial charge in [-0.25, -0.2) is 4.79 Å². The zero-order valence-corrected chi connectivity index (χ0v) is 14.2. The van der Waals surface area contributed by atoms with Gasteiger partial charge < -0.3 is 14.4 Å². The Balaban J connectivity index is 2.26. The first kappa shape index (κ1) is 17.3. The minimum atomic E-state index is -0.536. The molecule has 23 heavy (non-hydrogen) atoms. The number of carbonyl (C=O) groups excluding carboxylic acids is 2. The molecule has 1 heterocycles. The van der Waals surface area contributed by atoms with Crippen molar-refractivity contribution in [3.8, 4) is 5.75 Å². The molecule has 1 amide bonds. The highest BCUT2D eigenvalue weighted by molar-refractivity contribution is 6.30. The van der Waals surface area contributed by atoms with Crippen LogP contribution in [0.5, 0.6) is 5.75 Å². The summed E-state index contributed by atoms with van der Waals surface area (Å²) < 4.78 is 10.7. The van der Waals surface area contributed by atoms with Gasteiger partial charge in [0.1, 0.15) is 11.9 Å². The Hall–Kier alpha value is -2.01. The molecule has 0 aromatic heterocycles. The number of ether oxygens (including phenoxy) is 2. The Morgan fingerprint density at radius 3 is 2.83 bits per heavy atom. The van der Waals surface area contributed by atoms with Gasteiger partial charge in [0, 0.05) is 23.2 Å². The average molecular weight is 338 g/mol. The van der Waals surface area contributed by atoms with E-state index in [0.717, 1.165) is 6.08 Å². The fraction of sp³-hybridized carbons (Fsp3) is 0.412. The highest BCUT2D eigenvalue weighted by atomic mass is 35.5. The summed E-state index contributed by atoms with van der Waals surface area (Å²) in [5.41, 5.74) is 0.643. The van der Waals surface area contributed by atoms with Crippen LogP contribution >= 0.6 is 11.6 Å². The Bertz CT molecular complexity index is 627. The smallest absolute Gasteiger partial charge is 0.330 e. The lowest BCUT2D eigenvalue weighted by molar-refractivity contribution is -0.137. The van der Waals surface area contributed by atoms with Crippen LogP contribution in [0.4, 0.5) is 5.69 Å². The number of hydrogen-bond donors (Lipinski definition) is 0. The van der Waals surface area contributed by atoms with E-state index in [2.05, 4.69) is 0 Å². The van der Waals surface area contributed by atoms with Crippen molar-refractivity contribution < 1.29 is 19.1 Å². The Kier molecular flexibility index (Phi) is 5.66. The van der Waals surface area contributed by atoms with E-state index in [0.29, 0.717) is 23.0 Å². The first-order valence-corrected chi connectivity index (χ1v) is 7.92. The van der Waals surface area contributed by atoms with Crippen molar-refractivity contribution in [3.05, 3.63) is 35.4 Å². The van der Waals surface area contributed by atoms with Gasteiger partial charge in [0.05, 0.1) is 18.8 Å². The normalized spacial score (nSPS) is 17.1. The monoisotopic (exact) mass is 337 g/mol. The third-order valence-electron chi connectivity index (χ3n) is 3.51. The lowest BCUT2D eigenvalue weighted by Gasteiger charge is -2.36. The zero-order chi connectivity index (χ0) is 17.0. The molecule has 1 aromatic rings. The van der Waals surface area contributed by atoms with Gasteiger partial charge in [-0.15, -0.1) is 0 Å². The van der Waals surface area contributed by atoms with Crippen LogP contribution in [0.2, 0.25) is 5.02 Å². The molecule has 0 spiro atoms. The maximum atomic E-state index is 12.5. The first-order chi connectivity index (χ1) is 10.9. The highest BCUT2D eigenvalue weighted by Gasteiger charge is 2.30. The topological polar surface area (TPSA) is 55.8 Å². The predicted molar refractivity (Wildman–Crippen MR) is 88.8 cm³/mol. The molecule has 0 saturated carbocycles. The Labute approximate surface area is 140 Å². The number of benzene rings is 1. The van der Waals surface area contributed by atoms with Gasteiger partial charge >= 0.3 is 5.97 Å². The summed E-state index contributed by atoms with van der Waals surface area (Å²) in [7, 11) is 0. The molecule has 2 rings (SSSR count). The number of carbonyl (C=O) groups is 2. The van der Waals surface area contributed by atoms with Crippen molar-refractivity contribution in [2.45, 2.75) is 26.9 Å². The van der Waals surface area contributed by atoms with Crippen LogP contribution in [0, 0.1) is 5.92 Å². The highest BCUT2D eigenvalue weighted by Crippen LogP contribution is 2.37. The minimum Gasteiger partial charge on any atom is -0.486 e. The molecule has 0 N–H and O–H groups in total. The molecule has 6 heteroatoms. The van der Waals surface area contributed by atoms with Crippen molar-refractivity contribution in [1.82, 2.24) is 0 Å². The Morgan fingerprint density at radius 1 is 1.43 bits per heavy atom. The SMILES string of the molecule is CCOC(=O)C=CC(=O)N1CC(C(C)C)Oc2cc(Cl)ccc21. The molecule has 1 unspecified atom stereocenters. The lowest BCUT2D eigenvalue weighted by Crippen LogP contribution is -2.45. The predicted octanol–water partition coefficient (Wildman–Crippen LogP) is 3.21. The number of anilines is 1. The van der Waals surface area contributed by atoms with E-state index in [1.54, 1.807) is 30.0 Å². The molecule has 0 saturated heterocycles. The van der Waals surface area contributed by atoms with Crippen LogP contribution in [-0.4, -0.2) is 31.1 Å². The van der Waals surface area contributed by atoms with Crippen molar-refractivity contribution in [2.75, 3.05) is 18.1 Å². The third-order valence-corrected chi connectivity index (χ3v) is 3.75. The summed E-state index contributed by atoms with van der Waals surface area (Å²) in [6.45, 7) is 6.45. The second kappa shape index (κ2) is 7.51. The molecule has 1 atom stereocenters. The van der Waals surface area contributed by atoms with E-state index in [1.807, 2.05) is 13.8 Å². The number of rotatable bonds is 4. The van der Waals surface area contributed by atoms with Gasteiger partial charge in [0.25, 0.3) is 5.91 Å². The number of hydrogen-bond acceptors (Lipinski definition) is 4. The molecule has 0 bridgehead atoms. The first-order valence-electron chi connectivity index (χ1n) is 7.55. The lowest BCUT2D eigenvalue weighted by atomic mass is 10.0. The van der Waals surface area contributed by atoms with Crippen molar-refractivity contribution in [3.63, 3.8) is 0 Å². The van der Waals surface area contributed by atoms with Crippen molar-refractivity contribution in [2.24, 2.45) is 5.92 Å². The van der Waals surface area contributed by atoms with Crippen LogP contribution in [0.25, 0.3) is 0 Å². The van der Waals surface area contributed by atoms with Gasteiger partial charge in [-0.1, -0.05) is 25.4 Å². The fourth-order valence-electron chi connectivity index (χ4n) is 2.26. The second-order valence-corrected chi connectivity index (χ2v) is 5.98. The van der Waals surface area contributed by atoms with E-state index in [-0.39, 0.29) is 24.5 Å². The van der Waals surface area contributed by atoms with Gasteiger partial charge in [0.15, 0.2) is 0 Å². The van der Waals surface area contributed by atoms with Crippen LogP contribution in [0.1, 0.15) is 20.8 Å². The van der Waals surface area contributed by atoms with Crippen LogP contribution in [-0.2, 0) is 14.3 Å². The molecule has 124 valence electrons. The molecule has 0 aliphatic carbocycles. The van der Waals surface area contributed by atoms with Crippen LogP contribution < -0.4 is 9.64 Å². The molecule has 5 nitrogen and oxygen atoms in total. The number of fused-ring (bicyclic) bond motifs is 1. The van der Waals surface area contributed by atoms with E-state index in [1.165, 1.54) is 6.08 Å². The van der Waals surface area contributed by atoms with Crippen molar-refractivity contribution in [1.29, 1.82) is 0 Å². The maximum Gasteiger partial charge on any atom is 0.330 e. The molecular formula is C17H20ClNO4. The largest absolute Gasteiger partial charge is 0.486 e. The number of halogens is 1. The van der Waals surface area contributed by atoms with E-state index < -0.39 is 5.97 Å². The minimum absolute atomic E-state index is 0.138. The average Bonchev–Trinajstić information content (AvgIpc) is 2.51. The fourth-order valence-corrected chi connectivity index (χ4v) is 2.42. The molecule has 0 radical (unpaired) electrons. The van der Waals surface area contributed by atoms with Gasteiger partial charge in [-0.05, 0) is 25.0 Å². The van der Waals surface area contributed by atoms with Gasteiger partial charge in [-0.2, -0.15) is 0 Å². The molecular weight excluding hydrogens is 318 g/mol. The third kappa shape index (κ3) is 4.26. The standard InChI is InChI=1S/C17H20ClNO4/c1-4-22-17(21)8-7-16(20)19-10-15(11(2)3)23-14-9-12(18)5-6-13(14)19/h5-9,11,15H,4,10H2,1-3H3. The summed E-state index contributed by atoms with van der Waals surface area (Å²) >= 11 is 6.01. The number of amides is 1. The van der Waals surface area contributed by atoms with Gasteiger partial charge in [-0.3, -0.25) is 4.79 Å².